The molecule has 0 unspecified atom stereocenters. The minimum atomic E-state index is -4.65. The van der Waals surface area contributed by atoms with Gasteiger partial charge in [-0.25, -0.2) is 8.42 Å². The fourth-order valence-electron chi connectivity index (χ4n) is 2.14. The lowest BCUT2D eigenvalue weighted by Gasteiger charge is -2.18. The number of alkyl halides is 3. The number of hydrogen-bond donors (Lipinski definition) is 1. The van der Waals surface area contributed by atoms with E-state index in [9.17, 15) is 21.6 Å². The van der Waals surface area contributed by atoms with Gasteiger partial charge in [0.25, 0.3) is 10.0 Å². The molecule has 130 valence electrons. The van der Waals surface area contributed by atoms with E-state index in [0.717, 1.165) is 11.6 Å². The number of aryl methyl sites for hydroxylation is 1. The molecule has 24 heavy (non-hydrogen) atoms. The summed E-state index contributed by atoms with van der Waals surface area (Å²) in [5.74, 6) is 0.260. The van der Waals surface area contributed by atoms with Gasteiger partial charge in [0.2, 0.25) is 0 Å². The Balaban J connectivity index is 2.52. The van der Waals surface area contributed by atoms with E-state index in [2.05, 4.69) is 4.72 Å². The lowest BCUT2D eigenvalue weighted by molar-refractivity contribution is -0.136. The Bertz CT molecular complexity index is 816. The van der Waals surface area contributed by atoms with E-state index in [1.165, 1.54) is 36.0 Å². The van der Waals surface area contributed by atoms with Crippen molar-refractivity contribution in [3.05, 3.63) is 59.2 Å². The van der Waals surface area contributed by atoms with Crippen molar-refractivity contribution in [2.24, 2.45) is 0 Å². The van der Waals surface area contributed by atoms with Crippen LogP contribution in [0.3, 0.4) is 0 Å². The molecule has 0 fully saturated rings. The molecule has 0 saturated heterocycles. The van der Waals surface area contributed by atoms with E-state index in [1.54, 1.807) is 25.3 Å². The molecule has 0 radical (unpaired) electrons. The number of nitrogens with one attached hydrogen (secondary N) is 1. The van der Waals surface area contributed by atoms with Crippen LogP contribution in [-0.2, 0) is 22.0 Å². The molecule has 0 spiro atoms. The fourth-order valence-corrected chi connectivity index (χ4v) is 3.82. The summed E-state index contributed by atoms with van der Waals surface area (Å²) in [6, 6.07) is 9.54. The smallest absolute Gasteiger partial charge is 0.279 e. The van der Waals surface area contributed by atoms with Crippen LogP contribution in [0.5, 0.6) is 0 Å². The average Bonchev–Trinajstić information content (AvgIpc) is 2.48. The third-order valence-electron chi connectivity index (χ3n) is 3.32. The second kappa shape index (κ2) is 7.06. The van der Waals surface area contributed by atoms with Crippen LogP contribution in [0, 0.1) is 6.92 Å². The van der Waals surface area contributed by atoms with Crippen LogP contribution >= 0.6 is 11.8 Å². The van der Waals surface area contributed by atoms with Gasteiger partial charge >= 0.3 is 6.18 Å². The molecule has 0 aliphatic rings. The molecule has 2 aromatic rings. The quantitative estimate of drug-likeness (QED) is 0.826. The summed E-state index contributed by atoms with van der Waals surface area (Å²) in [5.41, 5.74) is -0.273. The Hall–Kier alpha value is -1.67. The number of sulfonamides is 1. The molecule has 8 heteroatoms. The number of anilines is 1. The molecule has 0 saturated carbocycles. The molecule has 0 aromatic heterocycles. The van der Waals surface area contributed by atoms with E-state index in [4.69, 9.17) is 0 Å². The zero-order valence-electron chi connectivity index (χ0n) is 13.0. The second-order valence-electron chi connectivity index (χ2n) is 5.19. The zero-order valence-corrected chi connectivity index (χ0v) is 14.6. The van der Waals surface area contributed by atoms with Crippen molar-refractivity contribution in [1.29, 1.82) is 0 Å². The molecule has 0 bridgehead atoms. The molecule has 2 rings (SSSR count). The van der Waals surface area contributed by atoms with Gasteiger partial charge in [-0.1, -0.05) is 29.8 Å². The summed E-state index contributed by atoms with van der Waals surface area (Å²) >= 11 is 1.31. The predicted octanol–water partition coefficient (Wildman–Crippen LogP) is 4.68. The second-order valence-corrected chi connectivity index (χ2v) is 7.74. The van der Waals surface area contributed by atoms with Crippen molar-refractivity contribution in [2.45, 2.75) is 23.7 Å². The highest BCUT2D eigenvalue weighted by molar-refractivity contribution is 7.97. The Morgan fingerprint density at radius 1 is 1.08 bits per heavy atom. The van der Waals surface area contributed by atoms with Gasteiger partial charge in [0, 0.05) is 5.75 Å². The maximum absolute atomic E-state index is 13.3. The van der Waals surface area contributed by atoms with Gasteiger partial charge in [-0.05, 0) is 36.9 Å². The van der Waals surface area contributed by atoms with Gasteiger partial charge in [0.05, 0.1) is 16.1 Å². The summed E-state index contributed by atoms with van der Waals surface area (Å²) in [6.07, 6.45) is -2.92. The molecule has 0 heterocycles. The Kier molecular flexibility index (Phi) is 5.49. The fraction of sp³-hybridized carbons (Fsp3) is 0.250. The van der Waals surface area contributed by atoms with Crippen LogP contribution in [0.4, 0.5) is 18.9 Å². The molecule has 1 N–H and O–H groups in total. The predicted molar refractivity (Wildman–Crippen MR) is 90.7 cm³/mol. The molecule has 0 atom stereocenters. The first-order chi connectivity index (χ1) is 11.1. The van der Waals surface area contributed by atoms with Crippen LogP contribution in [0.15, 0.2) is 47.4 Å². The third kappa shape index (κ3) is 4.24. The normalized spacial score (nSPS) is 12.2. The minimum Gasteiger partial charge on any atom is -0.279 e. The van der Waals surface area contributed by atoms with Crippen LogP contribution in [0.2, 0.25) is 0 Å². The summed E-state index contributed by atoms with van der Waals surface area (Å²) < 4.78 is 66.8. The van der Waals surface area contributed by atoms with Crippen LogP contribution in [-0.4, -0.2) is 14.7 Å². The summed E-state index contributed by atoms with van der Waals surface area (Å²) in [6.45, 7) is 1.79. The number of hydrogen-bond acceptors (Lipinski definition) is 3. The zero-order chi connectivity index (χ0) is 18.0. The molecule has 0 amide bonds. The van der Waals surface area contributed by atoms with Gasteiger partial charge in [0.15, 0.2) is 0 Å². The van der Waals surface area contributed by atoms with Crippen molar-refractivity contribution in [1.82, 2.24) is 0 Å². The highest BCUT2D eigenvalue weighted by Gasteiger charge is 2.35. The van der Waals surface area contributed by atoms with E-state index in [1.807, 2.05) is 0 Å². The minimum absolute atomic E-state index is 0.0832. The van der Waals surface area contributed by atoms with Gasteiger partial charge in [-0.2, -0.15) is 24.9 Å². The van der Waals surface area contributed by atoms with Gasteiger partial charge < -0.3 is 0 Å². The van der Waals surface area contributed by atoms with Crippen LogP contribution in [0.1, 0.15) is 16.7 Å². The highest BCUT2D eigenvalue weighted by Crippen LogP contribution is 2.38. The first kappa shape index (κ1) is 18.7. The van der Waals surface area contributed by atoms with Gasteiger partial charge in [-0.3, -0.25) is 4.72 Å². The monoisotopic (exact) mass is 375 g/mol. The number of halogens is 3. The molecule has 2 aromatic carbocycles. The third-order valence-corrected chi connectivity index (χ3v) is 5.29. The summed E-state index contributed by atoms with van der Waals surface area (Å²) in [4.78, 5) is -0.0832. The summed E-state index contributed by atoms with van der Waals surface area (Å²) in [7, 11) is -4.11. The van der Waals surface area contributed by atoms with E-state index < -0.39 is 27.5 Å². The van der Waals surface area contributed by atoms with Crippen molar-refractivity contribution in [3.63, 3.8) is 0 Å². The highest BCUT2D eigenvalue weighted by atomic mass is 32.2. The van der Waals surface area contributed by atoms with Gasteiger partial charge in [0.1, 0.15) is 0 Å². The standard InChI is InChI=1S/C16H16F3NO2S2/c1-11-6-8-13(9-7-11)24(21,22)20-15-12(10-23-2)4-3-5-14(15)16(17,18)19/h3-9,20H,10H2,1-2H3. The molecular formula is C16H16F3NO2S2. The lowest BCUT2D eigenvalue weighted by atomic mass is 10.1. The van der Waals surface area contributed by atoms with E-state index >= 15 is 0 Å². The molecule has 0 aliphatic carbocycles. The topological polar surface area (TPSA) is 46.2 Å². The van der Waals surface area contributed by atoms with Crippen molar-refractivity contribution < 1.29 is 21.6 Å². The van der Waals surface area contributed by atoms with Crippen molar-refractivity contribution in [3.8, 4) is 0 Å². The van der Waals surface area contributed by atoms with Crippen molar-refractivity contribution in [2.75, 3.05) is 11.0 Å². The summed E-state index contributed by atoms with van der Waals surface area (Å²) in [5, 5.41) is 0. The average molecular weight is 375 g/mol. The number of benzene rings is 2. The maximum atomic E-state index is 13.3. The van der Waals surface area contributed by atoms with Gasteiger partial charge in [-0.15, -0.1) is 0 Å². The van der Waals surface area contributed by atoms with E-state index in [0.29, 0.717) is 0 Å². The van der Waals surface area contributed by atoms with Crippen LogP contribution in [0.25, 0.3) is 0 Å². The largest absolute Gasteiger partial charge is 0.418 e. The maximum Gasteiger partial charge on any atom is 0.418 e. The molecule has 0 aliphatic heterocycles. The molecular weight excluding hydrogens is 359 g/mol. The number of rotatable bonds is 5. The van der Waals surface area contributed by atoms with E-state index in [-0.39, 0.29) is 16.2 Å². The Morgan fingerprint density at radius 2 is 1.71 bits per heavy atom. The number of para-hydroxylation sites is 1. The SMILES string of the molecule is CSCc1cccc(C(F)(F)F)c1NS(=O)(=O)c1ccc(C)cc1. The van der Waals surface area contributed by atoms with Crippen LogP contribution < -0.4 is 4.72 Å². The Labute approximate surface area is 143 Å². The van der Waals surface area contributed by atoms with Crippen molar-refractivity contribution >= 4 is 27.5 Å². The number of thioether (sulfide) groups is 1. The lowest BCUT2D eigenvalue weighted by Crippen LogP contribution is -2.18. The Morgan fingerprint density at radius 3 is 2.25 bits per heavy atom. The first-order valence-electron chi connectivity index (χ1n) is 6.92. The molecule has 3 nitrogen and oxygen atoms in total. The first-order valence-corrected chi connectivity index (χ1v) is 9.80.